The maximum atomic E-state index is 12.4. The van der Waals surface area contributed by atoms with Gasteiger partial charge in [-0.05, 0) is 45.7 Å². The van der Waals surface area contributed by atoms with E-state index in [1.807, 2.05) is 0 Å². The Bertz CT molecular complexity index is 549. The number of nitrogens with zero attached hydrogens (tertiary/aromatic N) is 2. The van der Waals surface area contributed by atoms with Gasteiger partial charge < -0.3 is 0 Å². The van der Waals surface area contributed by atoms with E-state index in [1.165, 1.54) is 12.1 Å². The first-order valence-electron chi connectivity index (χ1n) is 4.74. The van der Waals surface area contributed by atoms with E-state index in [0.717, 1.165) is 12.1 Å². The second-order valence-electron chi connectivity index (χ2n) is 3.42. The lowest BCUT2D eigenvalue weighted by Gasteiger charge is -2.07. The number of hydrogen-bond donors (Lipinski definition) is 0. The first-order valence-corrected chi connectivity index (χ1v) is 5.91. The van der Waals surface area contributed by atoms with Crippen LogP contribution in [0.2, 0.25) is 5.28 Å². The van der Waals surface area contributed by atoms with Crippen molar-refractivity contribution in [1.29, 1.82) is 0 Å². The molecule has 0 aliphatic carbocycles. The Labute approximate surface area is 114 Å². The number of halogens is 5. The van der Waals surface area contributed by atoms with Gasteiger partial charge in [0.1, 0.15) is 4.60 Å². The molecule has 0 N–H and O–H groups in total. The van der Waals surface area contributed by atoms with Crippen LogP contribution in [0.1, 0.15) is 5.56 Å². The van der Waals surface area contributed by atoms with Gasteiger partial charge >= 0.3 is 6.18 Å². The Kier molecular flexibility index (Phi) is 3.59. The van der Waals surface area contributed by atoms with E-state index in [4.69, 9.17) is 11.6 Å². The van der Waals surface area contributed by atoms with Crippen molar-refractivity contribution in [2.75, 3.05) is 0 Å². The van der Waals surface area contributed by atoms with Gasteiger partial charge in [0.2, 0.25) is 5.28 Å². The molecule has 1 heterocycles. The molecular weight excluding hydrogens is 332 g/mol. The molecule has 2 nitrogen and oxygen atoms in total. The molecule has 2 rings (SSSR count). The van der Waals surface area contributed by atoms with E-state index in [9.17, 15) is 13.2 Å². The molecule has 0 amide bonds. The molecule has 0 fully saturated rings. The van der Waals surface area contributed by atoms with Crippen LogP contribution in [0.5, 0.6) is 0 Å². The zero-order valence-corrected chi connectivity index (χ0v) is 11.0. The number of hydrogen-bond acceptors (Lipinski definition) is 2. The molecule has 2 aromatic rings. The quantitative estimate of drug-likeness (QED) is 0.562. The second-order valence-corrected chi connectivity index (χ2v) is 4.57. The lowest BCUT2D eigenvalue weighted by molar-refractivity contribution is -0.137. The van der Waals surface area contributed by atoms with Crippen LogP contribution in [0.15, 0.2) is 34.9 Å². The molecule has 1 aromatic heterocycles. The normalized spacial score (nSPS) is 11.6. The van der Waals surface area contributed by atoms with Crippen molar-refractivity contribution in [3.8, 4) is 11.3 Å². The fourth-order valence-corrected chi connectivity index (χ4v) is 2.04. The van der Waals surface area contributed by atoms with Gasteiger partial charge in [0.25, 0.3) is 0 Å². The van der Waals surface area contributed by atoms with Crippen LogP contribution in [0.25, 0.3) is 11.3 Å². The van der Waals surface area contributed by atoms with Crippen LogP contribution in [0.3, 0.4) is 0 Å². The Balaban J connectivity index is 2.40. The SMILES string of the molecule is FC(F)(F)c1ccc(-c2cc(Br)nc(Cl)n2)cc1. The van der Waals surface area contributed by atoms with E-state index in [-0.39, 0.29) is 5.28 Å². The van der Waals surface area contributed by atoms with Gasteiger partial charge in [0.15, 0.2) is 0 Å². The average molecular weight is 338 g/mol. The highest BCUT2D eigenvalue weighted by Gasteiger charge is 2.30. The molecule has 0 bridgehead atoms. The van der Waals surface area contributed by atoms with Crippen LogP contribution < -0.4 is 0 Å². The molecule has 0 radical (unpaired) electrons. The maximum absolute atomic E-state index is 12.4. The van der Waals surface area contributed by atoms with E-state index in [2.05, 4.69) is 25.9 Å². The second kappa shape index (κ2) is 4.85. The molecule has 0 aliphatic rings. The predicted molar refractivity (Wildman–Crippen MR) is 65.2 cm³/mol. The highest BCUT2D eigenvalue weighted by atomic mass is 79.9. The third-order valence-electron chi connectivity index (χ3n) is 2.18. The molecule has 0 spiro atoms. The summed E-state index contributed by atoms with van der Waals surface area (Å²) in [5.41, 5.74) is 0.286. The molecular formula is C11H5BrClF3N2. The number of rotatable bonds is 1. The largest absolute Gasteiger partial charge is 0.416 e. The van der Waals surface area contributed by atoms with Crippen LogP contribution in [0, 0.1) is 0 Å². The van der Waals surface area contributed by atoms with Crippen molar-refractivity contribution < 1.29 is 13.2 Å². The summed E-state index contributed by atoms with van der Waals surface area (Å²) in [6, 6.07) is 6.26. The van der Waals surface area contributed by atoms with Gasteiger partial charge in [-0.25, -0.2) is 9.97 Å². The molecule has 0 unspecified atom stereocenters. The topological polar surface area (TPSA) is 25.8 Å². The van der Waals surface area contributed by atoms with Crippen LogP contribution in [-0.2, 0) is 6.18 Å². The number of aromatic nitrogens is 2. The zero-order valence-electron chi connectivity index (χ0n) is 8.67. The van der Waals surface area contributed by atoms with Gasteiger partial charge in [-0.2, -0.15) is 13.2 Å². The number of benzene rings is 1. The Morgan fingerprint density at radius 2 is 1.67 bits per heavy atom. The van der Waals surface area contributed by atoms with Crippen molar-refractivity contribution >= 4 is 27.5 Å². The molecule has 7 heteroatoms. The average Bonchev–Trinajstić information content (AvgIpc) is 2.27. The van der Waals surface area contributed by atoms with E-state index < -0.39 is 11.7 Å². The Morgan fingerprint density at radius 3 is 2.17 bits per heavy atom. The molecule has 18 heavy (non-hydrogen) atoms. The summed E-state index contributed by atoms with van der Waals surface area (Å²) >= 11 is 8.81. The Morgan fingerprint density at radius 1 is 1.06 bits per heavy atom. The summed E-state index contributed by atoms with van der Waals surface area (Å²) in [4.78, 5) is 7.75. The monoisotopic (exact) mass is 336 g/mol. The van der Waals surface area contributed by atoms with E-state index >= 15 is 0 Å². The summed E-state index contributed by atoms with van der Waals surface area (Å²) in [6.45, 7) is 0. The number of alkyl halides is 3. The van der Waals surface area contributed by atoms with Crippen molar-refractivity contribution in [2.45, 2.75) is 6.18 Å². The van der Waals surface area contributed by atoms with E-state index in [1.54, 1.807) is 6.07 Å². The van der Waals surface area contributed by atoms with Crippen LogP contribution >= 0.6 is 27.5 Å². The molecule has 1 aromatic carbocycles. The molecule has 0 atom stereocenters. The molecule has 0 aliphatic heterocycles. The standard InChI is InChI=1S/C11H5BrClF3N2/c12-9-5-8(17-10(13)18-9)6-1-3-7(4-2-6)11(14,15)16/h1-5H. The summed E-state index contributed by atoms with van der Waals surface area (Å²) in [5.74, 6) is 0. The van der Waals surface area contributed by atoms with Crippen LogP contribution in [0.4, 0.5) is 13.2 Å². The van der Waals surface area contributed by atoms with Gasteiger partial charge in [-0.3, -0.25) is 0 Å². The highest BCUT2D eigenvalue weighted by Crippen LogP contribution is 2.31. The minimum Gasteiger partial charge on any atom is -0.218 e. The third kappa shape index (κ3) is 3.00. The Hall–Kier alpha value is -1.14. The van der Waals surface area contributed by atoms with Crippen molar-refractivity contribution in [3.63, 3.8) is 0 Å². The molecule has 0 saturated heterocycles. The summed E-state index contributed by atoms with van der Waals surface area (Å²) in [5, 5.41) is 0.0271. The maximum Gasteiger partial charge on any atom is 0.416 e. The van der Waals surface area contributed by atoms with Gasteiger partial charge in [0.05, 0.1) is 11.3 Å². The third-order valence-corrected chi connectivity index (χ3v) is 2.75. The zero-order chi connectivity index (χ0) is 13.3. The minimum absolute atomic E-state index is 0.0271. The summed E-state index contributed by atoms with van der Waals surface area (Å²) in [6.07, 6.45) is -4.34. The van der Waals surface area contributed by atoms with Crippen molar-refractivity contribution in [3.05, 3.63) is 45.8 Å². The minimum atomic E-state index is -4.34. The lowest BCUT2D eigenvalue weighted by Crippen LogP contribution is -2.04. The first kappa shape index (κ1) is 13.3. The molecule has 94 valence electrons. The van der Waals surface area contributed by atoms with E-state index in [0.29, 0.717) is 15.9 Å². The summed E-state index contributed by atoms with van der Waals surface area (Å²) in [7, 11) is 0. The van der Waals surface area contributed by atoms with Gasteiger partial charge in [-0.1, -0.05) is 12.1 Å². The molecule has 0 saturated carbocycles. The fraction of sp³-hybridized carbons (Fsp3) is 0.0909. The predicted octanol–water partition coefficient (Wildman–Crippen LogP) is 4.58. The summed E-state index contributed by atoms with van der Waals surface area (Å²) < 4.78 is 37.7. The van der Waals surface area contributed by atoms with Crippen LogP contribution in [-0.4, -0.2) is 9.97 Å². The van der Waals surface area contributed by atoms with Crippen molar-refractivity contribution in [2.24, 2.45) is 0 Å². The lowest BCUT2D eigenvalue weighted by atomic mass is 10.1. The van der Waals surface area contributed by atoms with Crippen molar-refractivity contribution in [1.82, 2.24) is 9.97 Å². The highest BCUT2D eigenvalue weighted by molar-refractivity contribution is 9.10. The first-order chi connectivity index (χ1) is 8.36. The smallest absolute Gasteiger partial charge is 0.218 e. The van der Waals surface area contributed by atoms with Gasteiger partial charge in [0, 0.05) is 5.56 Å². The van der Waals surface area contributed by atoms with Gasteiger partial charge in [-0.15, -0.1) is 0 Å². The fourth-order valence-electron chi connectivity index (χ4n) is 1.37.